The third-order valence-corrected chi connectivity index (χ3v) is 6.77. The van der Waals surface area contributed by atoms with Crippen LogP contribution < -0.4 is 10.3 Å². The van der Waals surface area contributed by atoms with Gasteiger partial charge in [0.05, 0.1) is 18.5 Å². The first-order chi connectivity index (χ1) is 15.0. The lowest BCUT2D eigenvalue weighted by Crippen LogP contribution is -2.38. The van der Waals surface area contributed by atoms with Gasteiger partial charge in [0, 0.05) is 30.1 Å². The monoisotopic (exact) mass is 463 g/mol. The molecule has 9 heteroatoms. The van der Waals surface area contributed by atoms with Crippen LogP contribution in [0.2, 0.25) is 5.02 Å². The Hall–Kier alpha value is -1.97. The number of aliphatic hydroxyl groups is 1. The smallest absolute Gasteiger partial charge is 0.259 e. The summed E-state index contributed by atoms with van der Waals surface area (Å²) in [5, 5.41) is 11.9. The number of aryl methyl sites for hydroxylation is 2. The molecular formula is C22H26ClN3O4S. The summed E-state index contributed by atoms with van der Waals surface area (Å²) >= 11 is 7.51. The maximum Gasteiger partial charge on any atom is 0.259 e. The lowest BCUT2D eigenvalue weighted by molar-refractivity contribution is 0.0533. The van der Waals surface area contributed by atoms with Crippen molar-refractivity contribution in [1.82, 2.24) is 14.9 Å². The molecule has 166 valence electrons. The summed E-state index contributed by atoms with van der Waals surface area (Å²) in [7, 11) is 1.64. The minimum Gasteiger partial charge on any atom is -0.491 e. The van der Waals surface area contributed by atoms with E-state index in [0.717, 1.165) is 29.5 Å². The summed E-state index contributed by atoms with van der Waals surface area (Å²) in [6.07, 6.45) is 2.39. The number of thiophene rings is 1. The van der Waals surface area contributed by atoms with Crippen LogP contribution in [0.5, 0.6) is 5.75 Å². The molecule has 1 unspecified atom stereocenters. The highest BCUT2D eigenvalue weighted by molar-refractivity contribution is 7.18. The predicted molar refractivity (Wildman–Crippen MR) is 122 cm³/mol. The number of nitrogens with one attached hydrogen (secondary N) is 1. The van der Waals surface area contributed by atoms with Crippen LogP contribution in [0.15, 0.2) is 29.1 Å². The molecule has 1 aromatic carbocycles. The van der Waals surface area contributed by atoms with Crippen molar-refractivity contribution in [2.45, 2.75) is 31.9 Å². The van der Waals surface area contributed by atoms with E-state index in [1.54, 1.807) is 42.7 Å². The van der Waals surface area contributed by atoms with Crippen molar-refractivity contribution < 1.29 is 14.6 Å². The van der Waals surface area contributed by atoms with Crippen LogP contribution in [0.1, 0.15) is 22.7 Å². The Bertz CT molecular complexity index is 1080. The van der Waals surface area contributed by atoms with Gasteiger partial charge in [-0.1, -0.05) is 11.6 Å². The van der Waals surface area contributed by atoms with Gasteiger partial charge in [-0.25, -0.2) is 4.98 Å². The van der Waals surface area contributed by atoms with E-state index < -0.39 is 6.10 Å². The van der Waals surface area contributed by atoms with E-state index in [2.05, 4.69) is 4.98 Å². The summed E-state index contributed by atoms with van der Waals surface area (Å²) in [5.74, 6) is 1.24. The molecule has 2 heterocycles. The zero-order valence-electron chi connectivity index (χ0n) is 17.4. The van der Waals surface area contributed by atoms with E-state index in [4.69, 9.17) is 26.1 Å². The Balaban J connectivity index is 1.42. The molecule has 2 N–H and O–H groups in total. The molecule has 0 amide bonds. The van der Waals surface area contributed by atoms with Crippen LogP contribution >= 0.6 is 22.9 Å². The van der Waals surface area contributed by atoms with Crippen LogP contribution in [-0.2, 0) is 24.1 Å². The lowest BCUT2D eigenvalue weighted by atomic mass is 10.2. The fraction of sp³-hybridized carbons (Fsp3) is 0.455. The summed E-state index contributed by atoms with van der Waals surface area (Å²) < 4.78 is 10.9. The number of H-pyrrole nitrogens is 1. The lowest BCUT2D eigenvalue weighted by Gasteiger charge is -2.24. The number of fused-ring (bicyclic) bond motifs is 3. The molecule has 31 heavy (non-hydrogen) atoms. The zero-order valence-corrected chi connectivity index (χ0v) is 19.0. The average Bonchev–Trinajstić information content (AvgIpc) is 3.32. The standard InChI is InChI=1S/C22H26ClN3O4S/c1-29-10-9-26(11-15(27)13-30-16-7-5-14(23)6-8-16)12-19-24-21(28)20-17-3-2-4-18(17)31-22(20)25-19/h5-8,15,27H,2-4,9-13H2,1H3,(H,24,25,28). The second-order valence-corrected chi connectivity index (χ2v) is 9.22. The molecule has 0 bridgehead atoms. The first-order valence-corrected chi connectivity index (χ1v) is 11.5. The van der Waals surface area contributed by atoms with Gasteiger partial charge in [0.1, 0.15) is 29.1 Å². The molecule has 1 aliphatic carbocycles. The number of hydrogen-bond acceptors (Lipinski definition) is 7. The number of ether oxygens (including phenoxy) is 2. The SMILES string of the molecule is COCCN(Cc1nc2sc3c(c2c(=O)[nH]1)CCC3)CC(O)COc1ccc(Cl)cc1. The quantitative estimate of drug-likeness (QED) is 0.480. The van der Waals surface area contributed by atoms with Gasteiger partial charge in [0.2, 0.25) is 0 Å². The number of methoxy groups -OCH3 is 1. The maximum absolute atomic E-state index is 12.7. The molecule has 0 fully saturated rings. The average molecular weight is 464 g/mol. The van der Waals surface area contributed by atoms with Gasteiger partial charge in [-0.15, -0.1) is 11.3 Å². The number of nitrogens with zero attached hydrogens (tertiary/aromatic N) is 2. The highest BCUT2D eigenvalue weighted by atomic mass is 35.5. The van der Waals surface area contributed by atoms with Crippen LogP contribution in [0.4, 0.5) is 0 Å². The Kier molecular flexibility index (Phi) is 7.24. The number of halogens is 1. The van der Waals surface area contributed by atoms with Gasteiger partial charge in [0.25, 0.3) is 5.56 Å². The molecule has 0 radical (unpaired) electrons. The molecule has 0 spiro atoms. The van der Waals surface area contributed by atoms with E-state index in [0.29, 0.717) is 42.8 Å². The molecule has 2 aromatic heterocycles. The molecule has 7 nitrogen and oxygen atoms in total. The minimum atomic E-state index is -0.714. The summed E-state index contributed by atoms with van der Waals surface area (Å²) in [6, 6.07) is 7.01. The Morgan fingerprint density at radius 1 is 1.32 bits per heavy atom. The minimum absolute atomic E-state index is 0.0716. The van der Waals surface area contributed by atoms with Gasteiger partial charge in [-0.2, -0.15) is 0 Å². The van der Waals surface area contributed by atoms with Crippen LogP contribution in [-0.4, -0.2) is 59.5 Å². The molecule has 0 saturated carbocycles. The molecular weight excluding hydrogens is 438 g/mol. The van der Waals surface area contributed by atoms with Crippen molar-refractivity contribution in [3.63, 3.8) is 0 Å². The fourth-order valence-corrected chi connectivity index (χ4v) is 5.27. The second-order valence-electron chi connectivity index (χ2n) is 7.70. The first kappa shape index (κ1) is 22.2. The molecule has 1 atom stereocenters. The highest BCUT2D eigenvalue weighted by Crippen LogP contribution is 2.34. The van der Waals surface area contributed by atoms with Crippen molar-refractivity contribution in [3.05, 3.63) is 55.9 Å². The molecule has 0 saturated heterocycles. The van der Waals surface area contributed by atoms with Crippen LogP contribution in [0, 0.1) is 0 Å². The fourth-order valence-electron chi connectivity index (χ4n) is 3.86. The zero-order chi connectivity index (χ0) is 21.8. The van der Waals surface area contributed by atoms with Gasteiger partial charge in [-0.3, -0.25) is 9.69 Å². The largest absolute Gasteiger partial charge is 0.491 e. The number of aromatic amines is 1. The van der Waals surface area contributed by atoms with E-state index in [1.165, 1.54) is 10.4 Å². The second kappa shape index (κ2) is 10.1. The van der Waals surface area contributed by atoms with Crippen molar-refractivity contribution in [2.75, 3.05) is 33.4 Å². The van der Waals surface area contributed by atoms with Crippen LogP contribution in [0.25, 0.3) is 10.2 Å². The van der Waals surface area contributed by atoms with E-state index in [9.17, 15) is 9.90 Å². The highest BCUT2D eigenvalue weighted by Gasteiger charge is 2.22. The Morgan fingerprint density at radius 2 is 2.13 bits per heavy atom. The number of aliphatic hydroxyl groups excluding tert-OH is 1. The molecule has 0 aliphatic heterocycles. The number of rotatable bonds is 10. The predicted octanol–water partition coefficient (Wildman–Crippen LogP) is 3.02. The summed E-state index contributed by atoms with van der Waals surface area (Å²) in [5.41, 5.74) is 1.10. The van der Waals surface area contributed by atoms with Crippen molar-refractivity contribution in [1.29, 1.82) is 0 Å². The third kappa shape index (κ3) is 5.45. The number of hydrogen-bond donors (Lipinski definition) is 2. The summed E-state index contributed by atoms with van der Waals surface area (Å²) in [6.45, 7) is 2.02. The van der Waals surface area contributed by atoms with E-state index in [1.807, 2.05) is 4.90 Å². The van der Waals surface area contributed by atoms with Crippen molar-refractivity contribution in [2.24, 2.45) is 0 Å². The third-order valence-electron chi connectivity index (χ3n) is 5.33. The van der Waals surface area contributed by atoms with Gasteiger partial charge in [0.15, 0.2) is 0 Å². The first-order valence-electron chi connectivity index (χ1n) is 10.3. The molecule has 3 aromatic rings. The molecule has 4 rings (SSSR count). The van der Waals surface area contributed by atoms with E-state index in [-0.39, 0.29) is 12.2 Å². The van der Waals surface area contributed by atoms with Gasteiger partial charge in [-0.05, 0) is 49.1 Å². The van der Waals surface area contributed by atoms with Crippen LogP contribution in [0.3, 0.4) is 0 Å². The van der Waals surface area contributed by atoms with E-state index >= 15 is 0 Å². The normalized spacial score (nSPS) is 14.3. The topological polar surface area (TPSA) is 87.7 Å². The Labute approximate surface area is 189 Å². The van der Waals surface area contributed by atoms with Gasteiger partial charge >= 0.3 is 0 Å². The van der Waals surface area contributed by atoms with Gasteiger partial charge < -0.3 is 19.6 Å². The maximum atomic E-state index is 12.7. The number of aromatic nitrogens is 2. The van der Waals surface area contributed by atoms with Crippen molar-refractivity contribution >= 4 is 33.2 Å². The molecule has 1 aliphatic rings. The summed E-state index contributed by atoms with van der Waals surface area (Å²) in [4.78, 5) is 24.5. The van der Waals surface area contributed by atoms with Crippen molar-refractivity contribution in [3.8, 4) is 5.75 Å². The Morgan fingerprint density at radius 3 is 2.90 bits per heavy atom. The number of benzene rings is 1.